The van der Waals surface area contributed by atoms with Crippen LogP contribution < -0.4 is 39.8 Å². The third-order valence-corrected chi connectivity index (χ3v) is 7.20. The van der Waals surface area contributed by atoms with Gasteiger partial charge in [0.05, 0.1) is 11.1 Å². The van der Waals surface area contributed by atoms with E-state index in [0.717, 1.165) is 58.3 Å². The molecule has 2 heterocycles. The number of anilines is 1. The monoisotopic (exact) mass is 567 g/mol. The van der Waals surface area contributed by atoms with Gasteiger partial charge in [-0.05, 0) is 56.0 Å². The maximum atomic E-state index is 13.6. The Morgan fingerprint density at radius 3 is 2.63 bits per heavy atom. The fraction of sp³-hybridized carbons (Fsp3) is 0.346. The average molecular weight is 569 g/mol. The number of nitrogens with zero attached hydrogens (tertiary/aromatic N) is 2. The molecule has 0 saturated carbocycles. The SMILES string of the molecule is Cc1c(N2CCCC2)nc2ccc(Br)cc2c1C(=O)NCC(CCC(=O)O)c1ccccc1Cl.[H-].[Na+]. The molecule has 1 atom stereocenters. The minimum Gasteiger partial charge on any atom is -1.00 e. The largest absolute Gasteiger partial charge is 1.00 e. The van der Waals surface area contributed by atoms with Crippen LogP contribution in [-0.2, 0) is 4.79 Å². The van der Waals surface area contributed by atoms with Crippen molar-refractivity contribution in [2.75, 3.05) is 24.5 Å². The zero-order valence-electron chi connectivity index (χ0n) is 21.0. The summed E-state index contributed by atoms with van der Waals surface area (Å²) < 4.78 is 0.875. The molecule has 1 fully saturated rings. The molecule has 6 nitrogen and oxygen atoms in total. The average Bonchev–Trinajstić information content (AvgIpc) is 3.34. The first-order valence-electron chi connectivity index (χ1n) is 11.4. The third-order valence-electron chi connectivity index (χ3n) is 6.36. The fourth-order valence-corrected chi connectivity index (χ4v) is 5.27. The van der Waals surface area contributed by atoms with Gasteiger partial charge in [0, 0.05) is 52.4 Å². The minimum absolute atomic E-state index is 0. The molecule has 0 aliphatic carbocycles. The molecule has 1 amide bonds. The summed E-state index contributed by atoms with van der Waals surface area (Å²) in [7, 11) is 0. The van der Waals surface area contributed by atoms with Gasteiger partial charge in [-0.15, -0.1) is 0 Å². The van der Waals surface area contributed by atoms with Crippen LogP contribution in [0.3, 0.4) is 0 Å². The molecule has 1 unspecified atom stereocenters. The van der Waals surface area contributed by atoms with Crippen LogP contribution in [0, 0.1) is 6.92 Å². The molecular formula is C26H28BrClN3NaO3. The number of halogens is 2. The van der Waals surface area contributed by atoms with E-state index < -0.39 is 5.97 Å². The number of rotatable bonds is 8. The topological polar surface area (TPSA) is 82.5 Å². The number of nitrogens with one attached hydrogen (secondary N) is 1. The summed E-state index contributed by atoms with van der Waals surface area (Å²) in [5.74, 6) is -0.437. The first-order chi connectivity index (χ1) is 16.3. The number of carboxylic acids is 1. The van der Waals surface area contributed by atoms with Gasteiger partial charge in [0.2, 0.25) is 0 Å². The molecule has 35 heavy (non-hydrogen) atoms. The van der Waals surface area contributed by atoms with Crippen molar-refractivity contribution in [2.24, 2.45) is 0 Å². The van der Waals surface area contributed by atoms with Crippen LogP contribution in [0.2, 0.25) is 5.02 Å². The number of carbonyl (C=O) groups excluding carboxylic acids is 1. The third kappa shape index (κ3) is 6.57. The van der Waals surface area contributed by atoms with Gasteiger partial charge in [-0.3, -0.25) is 9.59 Å². The maximum Gasteiger partial charge on any atom is 1.00 e. The Labute approximate surface area is 242 Å². The molecule has 0 radical (unpaired) electrons. The molecule has 1 aromatic heterocycles. The van der Waals surface area contributed by atoms with Crippen LogP contribution in [0.15, 0.2) is 46.9 Å². The summed E-state index contributed by atoms with van der Waals surface area (Å²) >= 11 is 9.92. The molecule has 1 aliphatic rings. The number of carboxylic acid groups (broad SMARTS) is 1. The molecule has 2 N–H and O–H groups in total. The van der Waals surface area contributed by atoms with Crippen molar-refractivity contribution in [1.29, 1.82) is 0 Å². The van der Waals surface area contributed by atoms with Crippen LogP contribution in [0.1, 0.15) is 54.5 Å². The summed E-state index contributed by atoms with van der Waals surface area (Å²) in [6, 6.07) is 13.2. The fourth-order valence-electron chi connectivity index (χ4n) is 4.62. The summed E-state index contributed by atoms with van der Waals surface area (Å²) in [5, 5.41) is 13.6. The van der Waals surface area contributed by atoms with Gasteiger partial charge < -0.3 is 16.7 Å². The van der Waals surface area contributed by atoms with Crippen LogP contribution in [0.25, 0.3) is 10.9 Å². The van der Waals surface area contributed by atoms with E-state index in [4.69, 9.17) is 16.6 Å². The predicted octanol–water partition coefficient (Wildman–Crippen LogP) is 3.05. The van der Waals surface area contributed by atoms with Gasteiger partial charge in [-0.1, -0.05) is 45.7 Å². The number of aliphatic carboxylic acids is 1. The molecule has 4 rings (SSSR count). The predicted molar refractivity (Wildman–Crippen MR) is 140 cm³/mol. The Morgan fingerprint density at radius 2 is 1.94 bits per heavy atom. The Bertz CT molecular complexity index is 1240. The van der Waals surface area contributed by atoms with E-state index in [2.05, 4.69) is 26.1 Å². The second kappa shape index (κ2) is 12.5. The molecule has 0 bridgehead atoms. The van der Waals surface area contributed by atoms with Gasteiger partial charge in [0.1, 0.15) is 5.82 Å². The number of fused-ring (bicyclic) bond motifs is 1. The zero-order chi connectivity index (χ0) is 24.2. The van der Waals surface area contributed by atoms with Gasteiger partial charge >= 0.3 is 35.5 Å². The summed E-state index contributed by atoms with van der Waals surface area (Å²) in [6.07, 6.45) is 2.60. The maximum absolute atomic E-state index is 13.6. The number of pyridine rings is 1. The second-order valence-electron chi connectivity index (χ2n) is 8.65. The summed E-state index contributed by atoms with van der Waals surface area (Å²) in [6.45, 7) is 4.10. The van der Waals surface area contributed by atoms with E-state index in [1.165, 1.54) is 0 Å². The van der Waals surface area contributed by atoms with Crippen molar-refractivity contribution >= 4 is 56.1 Å². The number of amides is 1. The molecule has 1 aliphatic heterocycles. The van der Waals surface area contributed by atoms with E-state index in [1.54, 1.807) is 6.07 Å². The van der Waals surface area contributed by atoms with E-state index in [1.807, 2.05) is 43.3 Å². The smallest absolute Gasteiger partial charge is 1.00 e. The van der Waals surface area contributed by atoms with Gasteiger partial charge in [0.25, 0.3) is 5.91 Å². The molecular weight excluding hydrogens is 541 g/mol. The Balaban J connectivity index is 0.00000228. The van der Waals surface area contributed by atoms with Crippen molar-refractivity contribution in [3.8, 4) is 0 Å². The summed E-state index contributed by atoms with van der Waals surface area (Å²) in [5.41, 5.74) is 3.06. The van der Waals surface area contributed by atoms with E-state index in [-0.39, 0.29) is 55.8 Å². The van der Waals surface area contributed by atoms with Gasteiger partial charge in [-0.2, -0.15) is 0 Å². The van der Waals surface area contributed by atoms with Crippen molar-refractivity contribution in [3.63, 3.8) is 0 Å². The molecule has 9 heteroatoms. The van der Waals surface area contributed by atoms with Crippen molar-refractivity contribution in [1.82, 2.24) is 10.3 Å². The molecule has 0 spiro atoms. The van der Waals surface area contributed by atoms with Gasteiger partial charge in [0.15, 0.2) is 0 Å². The second-order valence-corrected chi connectivity index (χ2v) is 9.97. The molecule has 180 valence electrons. The molecule has 3 aromatic rings. The number of aromatic nitrogens is 1. The van der Waals surface area contributed by atoms with Crippen LogP contribution in [-0.4, -0.2) is 41.6 Å². The van der Waals surface area contributed by atoms with E-state index >= 15 is 0 Å². The van der Waals surface area contributed by atoms with E-state index in [0.29, 0.717) is 17.0 Å². The van der Waals surface area contributed by atoms with Crippen molar-refractivity contribution in [2.45, 2.75) is 38.5 Å². The Kier molecular flexibility index (Phi) is 10.0. The summed E-state index contributed by atoms with van der Waals surface area (Å²) in [4.78, 5) is 32.0. The number of hydrogen-bond acceptors (Lipinski definition) is 4. The number of hydrogen-bond donors (Lipinski definition) is 2. The van der Waals surface area contributed by atoms with Crippen LogP contribution in [0.4, 0.5) is 5.82 Å². The zero-order valence-corrected chi connectivity index (χ0v) is 24.3. The normalized spacial score (nSPS) is 14.0. The van der Waals surface area contributed by atoms with Crippen LogP contribution in [0.5, 0.6) is 0 Å². The number of benzene rings is 2. The quantitative estimate of drug-likeness (QED) is 0.408. The van der Waals surface area contributed by atoms with Crippen LogP contribution >= 0.6 is 27.5 Å². The Morgan fingerprint density at radius 1 is 1.23 bits per heavy atom. The minimum atomic E-state index is -0.876. The molecule has 1 saturated heterocycles. The van der Waals surface area contributed by atoms with Crippen molar-refractivity contribution in [3.05, 3.63) is 68.7 Å². The first kappa shape index (κ1) is 27.9. The number of carbonyl (C=O) groups is 2. The first-order valence-corrected chi connectivity index (χ1v) is 12.6. The standard InChI is InChI=1S/C26H27BrClN3O3.Na.H/c1-16-24(20-14-18(27)9-10-22(20)30-25(16)31-12-4-5-13-31)26(34)29-15-17(8-11-23(32)33)19-6-2-3-7-21(19)28;;/h2-3,6-7,9-10,14,17H,4-5,8,11-13,15H2,1H3,(H,29,34)(H,32,33);;/q;+1;-1. The van der Waals surface area contributed by atoms with Gasteiger partial charge in [-0.25, -0.2) is 4.98 Å². The molecule has 2 aromatic carbocycles. The Hall–Kier alpha value is -1.64. The van der Waals surface area contributed by atoms with E-state index in [9.17, 15) is 14.7 Å². The van der Waals surface area contributed by atoms with Crippen molar-refractivity contribution < 1.29 is 45.7 Å².